The maximum Gasteiger partial charge on any atom is 0.243 e. The zero-order chi connectivity index (χ0) is 16.8. The number of benzene rings is 2. The van der Waals surface area contributed by atoms with Crippen molar-refractivity contribution in [1.29, 1.82) is 0 Å². The third kappa shape index (κ3) is 2.80. The molecular weight excluding hydrogens is 316 g/mol. The summed E-state index contributed by atoms with van der Waals surface area (Å²) in [4.78, 5) is 0.133. The highest BCUT2D eigenvalue weighted by Crippen LogP contribution is 2.31. The van der Waals surface area contributed by atoms with E-state index < -0.39 is 21.9 Å². The summed E-state index contributed by atoms with van der Waals surface area (Å²) in [5.74, 6) is -0.575. The smallest absolute Gasteiger partial charge is 0.243 e. The number of aliphatic hydroxyl groups excluding tert-OH is 1. The molecule has 0 aromatic heterocycles. The minimum atomic E-state index is -3.79. The summed E-state index contributed by atoms with van der Waals surface area (Å²) in [6.07, 6.45) is -1.25. The van der Waals surface area contributed by atoms with E-state index in [0.29, 0.717) is 5.56 Å². The van der Waals surface area contributed by atoms with Crippen LogP contribution in [0.25, 0.3) is 0 Å². The number of halogens is 1. The number of aryl methyl sites for hydroxylation is 1. The van der Waals surface area contributed by atoms with Crippen LogP contribution < -0.4 is 5.46 Å². The van der Waals surface area contributed by atoms with Gasteiger partial charge in [-0.05, 0) is 30.7 Å². The second-order valence-electron chi connectivity index (χ2n) is 5.66. The number of sulfonamides is 1. The maximum atomic E-state index is 13.9. The van der Waals surface area contributed by atoms with Crippen LogP contribution in [0.2, 0.25) is 0 Å². The molecule has 4 nitrogen and oxygen atoms in total. The summed E-state index contributed by atoms with van der Waals surface area (Å²) in [5, 5.41) is 10.2. The predicted molar refractivity (Wildman–Crippen MR) is 85.5 cm³/mol. The van der Waals surface area contributed by atoms with Crippen molar-refractivity contribution >= 4 is 23.3 Å². The quantitative estimate of drug-likeness (QED) is 0.841. The number of hydrogen-bond donors (Lipinski definition) is 1. The van der Waals surface area contributed by atoms with Gasteiger partial charge in [0, 0.05) is 18.7 Å². The predicted octanol–water partition coefficient (Wildman–Crippen LogP) is 1.17. The molecule has 3 rings (SSSR count). The fourth-order valence-corrected chi connectivity index (χ4v) is 4.17. The highest BCUT2D eigenvalue weighted by atomic mass is 32.2. The van der Waals surface area contributed by atoms with Crippen molar-refractivity contribution in [3.8, 4) is 0 Å². The van der Waals surface area contributed by atoms with Crippen LogP contribution >= 0.6 is 0 Å². The number of β-amino-alcohol motifs (C(OH)–C–C–N with tert-alkyl or cyclic N) is 1. The van der Waals surface area contributed by atoms with Crippen LogP contribution in [0, 0.1) is 12.7 Å². The Labute approximate surface area is 136 Å². The Morgan fingerprint density at radius 3 is 2.52 bits per heavy atom. The van der Waals surface area contributed by atoms with E-state index in [1.807, 2.05) is 6.92 Å². The normalized spacial score (nSPS) is 18.7. The first-order valence-corrected chi connectivity index (χ1v) is 8.56. The van der Waals surface area contributed by atoms with Crippen molar-refractivity contribution in [3.05, 3.63) is 58.9 Å². The lowest BCUT2D eigenvalue weighted by Crippen LogP contribution is -2.41. The molecule has 0 saturated carbocycles. The first kappa shape index (κ1) is 16.2. The van der Waals surface area contributed by atoms with Gasteiger partial charge in [0.25, 0.3) is 0 Å². The van der Waals surface area contributed by atoms with Crippen molar-refractivity contribution < 1.29 is 17.9 Å². The molecule has 0 saturated heterocycles. The topological polar surface area (TPSA) is 57.6 Å². The molecule has 0 aliphatic carbocycles. The second-order valence-corrected chi connectivity index (χ2v) is 7.59. The highest BCUT2D eigenvalue weighted by Gasteiger charge is 2.34. The third-order valence-corrected chi connectivity index (χ3v) is 5.87. The summed E-state index contributed by atoms with van der Waals surface area (Å²) >= 11 is 0. The molecule has 0 bridgehead atoms. The molecular formula is C16H15BFNO3S. The van der Waals surface area contributed by atoms with Crippen LogP contribution in [0.4, 0.5) is 4.39 Å². The molecule has 0 spiro atoms. The van der Waals surface area contributed by atoms with E-state index in [9.17, 15) is 17.9 Å². The summed E-state index contributed by atoms with van der Waals surface area (Å²) in [6.45, 7) is 1.59. The molecule has 2 aromatic rings. The lowest BCUT2D eigenvalue weighted by molar-refractivity contribution is 0.128. The monoisotopic (exact) mass is 331 g/mol. The largest absolute Gasteiger partial charge is 0.387 e. The minimum absolute atomic E-state index is 0.0633. The third-order valence-electron chi connectivity index (χ3n) is 4.04. The van der Waals surface area contributed by atoms with Crippen molar-refractivity contribution in [3.63, 3.8) is 0 Å². The fraction of sp³-hybridized carbons (Fsp3) is 0.250. The van der Waals surface area contributed by atoms with Crippen molar-refractivity contribution in [2.24, 2.45) is 0 Å². The van der Waals surface area contributed by atoms with Crippen LogP contribution in [0.1, 0.15) is 22.8 Å². The molecule has 1 aliphatic rings. The zero-order valence-corrected chi connectivity index (χ0v) is 13.3. The molecule has 1 aliphatic heterocycles. The molecule has 2 radical (unpaired) electrons. The Kier molecular flexibility index (Phi) is 4.04. The molecule has 1 heterocycles. The molecule has 1 atom stereocenters. The molecule has 23 heavy (non-hydrogen) atoms. The average molecular weight is 331 g/mol. The molecule has 1 unspecified atom stereocenters. The maximum absolute atomic E-state index is 13.9. The Balaban J connectivity index is 2.03. The number of nitrogens with zero attached hydrogens (tertiary/aromatic N) is 1. The van der Waals surface area contributed by atoms with Gasteiger partial charge < -0.3 is 5.11 Å². The van der Waals surface area contributed by atoms with Gasteiger partial charge in [-0.2, -0.15) is 4.31 Å². The number of rotatable bonds is 2. The molecule has 7 heteroatoms. The van der Waals surface area contributed by atoms with E-state index in [2.05, 4.69) is 0 Å². The van der Waals surface area contributed by atoms with Gasteiger partial charge in [-0.15, -0.1) is 0 Å². The molecule has 1 N–H and O–H groups in total. The van der Waals surface area contributed by atoms with E-state index in [0.717, 1.165) is 9.87 Å². The van der Waals surface area contributed by atoms with E-state index >= 15 is 0 Å². The Hall–Kier alpha value is -1.70. The van der Waals surface area contributed by atoms with Crippen molar-refractivity contribution in [1.82, 2.24) is 4.31 Å². The van der Waals surface area contributed by atoms with E-state index in [-0.39, 0.29) is 29.0 Å². The second kappa shape index (κ2) is 5.74. The zero-order valence-electron chi connectivity index (χ0n) is 12.5. The van der Waals surface area contributed by atoms with Crippen LogP contribution in [0.15, 0.2) is 41.3 Å². The SMILES string of the molecule is [B]c1ccc(F)c2c1CN(S(=O)(=O)c1ccc(C)cc1)CC2O. The molecule has 0 fully saturated rings. The standard InChI is InChI=1S/C16H15BFNO3S/c1-10-2-4-11(5-3-10)23(21,22)19-8-12-13(17)6-7-14(18)16(12)15(20)9-19/h2-7,15,20H,8-9H2,1H3. The number of aliphatic hydroxyl groups is 1. The van der Waals surface area contributed by atoms with Gasteiger partial charge >= 0.3 is 0 Å². The van der Waals surface area contributed by atoms with Gasteiger partial charge in [-0.25, -0.2) is 12.8 Å². The Morgan fingerprint density at radius 2 is 1.87 bits per heavy atom. The number of fused-ring (bicyclic) bond motifs is 1. The van der Waals surface area contributed by atoms with Crippen molar-refractivity contribution in [2.75, 3.05) is 6.54 Å². The van der Waals surface area contributed by atoms with E-state index in [1.165, 1.54) is 24.3 Å². The van der Waals surface area contributed by atoms with Crippen LogP contribution in [-0.4, -0.2) is 32.2 Å². The Morgan fingerprint density at radius 1 is 1.22 bits per heavy atom. The fourth-order valence-electron chi connectivity index (χ4n) is 2.76. The van der Waals surface area contributed by atoms with E-state index in [1.54, 1.807) is 12.1 Å². The summed E-state index contributed by atoms with van der Waals surface area (Å²) < 4.78 is 40.5. The van der Waals surface area contributed by atoms with Crippen LogP contribution in [0.3, 0.4) is 0 Å². The molecule has 2 aromatic carbocycles. The first-order valence-electron chi connectivity index (χ1n) is 7.12. The summed E-state index contributed by atoms with van der Waals surface area (Å²) in [5.41, 5.74) is 1.61. The van der Waals surface area contributed by atoms with Gasteiger partial charge in [-0.3, -0.25) is 0 Å². The summed E-state index contributed by atoms with van der Waals surface area (Å²) in [7, 11) is 2.05. The summed E-state index contributed by atoms with van der Waals surface area (Å²) in [6, 6.07) is 9.00. The van der Waals surface area contributed by atoms with Gasteiger partial charge in [0.15, 0.2) is 0 Å². The van der Waals surface area contributed by atoms with Gasteiger partial charge in [0.05, 0.1) is 11.0 Å². The molecule has 118 valence electrons. The highest BCUT2D eigenvalue weighted by molar-refractivity contribution is 7.89. The average Bonchev–Trinajstić information content (AvgIpc) is 2.51. The number of hydrogen-bond acceptors (Lipinski definition) is 3. The Bertz CT molecular complexity index is 852. The van der Waals surface area contributed by atoms with Crippen LogP contribution in [0.5, 0.6) is 0 Å². The lowest BCUT2D eigenvalue weighted by Gasteiger charge is -2.32. The lowest BCUT2D eigenvalue weighted by atomic mass is 9.84. The van der Waals surface area contributed by atoms with Crippen LogP contribution in [-0.2, 0) is 16.6 Å². The van der Waals surface area contributed by atoms with Crippen molar-refractivity contribution in [2.45, 2.75) is 24.5 Å². The first-order chi connectivity index (χ1) is 10.8. The molecule has 0 amide bonds. The van der Waals surface area contributed by atoms with Gasteiger partial charge in [0.2, 0.25) is 10.0 Å². The van der Waals surface area contributed by atoms with Gasteiger partial charge in [-0.1, -0.05) is 29.2 Å². The van der Waals surface area contributed by atoms with Gasteiger partial charge in [0.1, 0.15) is 13.7 Å². The minimum Gasteiger partial charge on any atom is -0.387 e. The van der Waals surface area contributed by atoms with E-state index in [4.69, 9.17) is 7.85 Å².